The lowest BCUT2D eigenvalue weighted by atomic mass is 10.2. The first kappa shape index (κ1) is 17.9. The number of rotatable bonds is 10. The fourth-order valence-electron chi connectivity index (χ4n) is 1.66. The molecule has 1 rings (SSSR count). The van der Waals surface area contributed by atoms with E-state index in [1.54, 1.807) is 6.07 Å². The molecule has 1 aromatic rings. The highest BCUT2D eigenvalue weighted by molar-refractivity contribution is 6.31. The van der Waals surface area contributed by atoms with E-state index >= 15 is 0 Å². The molecule has 3 N–H and O–H groups in total. The van der Waals surface area contributed by atoms with Crippen molar-refractivity contribution in [2.24, 2.45) is 0 Å². The Kier molecular flexibility index (Phi) is 9.01. The molecule has 5 nitrogen and oxygen atoms in total. The molecule has 1 atom stereocenters. The van der Waals surface area contributed by atoms with Crippen LogP contribution in [0, 0.1) is 0 Å². The number of benzene rings is 1. The molecular weight excluding hydrogens is 292 g/mol. The summed E-state index contributed by atoms with van der Waals surface area (Å²) in [6.45, 7) is 3.71. The molecule has 0 aromatic heterocycles. The Hall–Kier alpha value is -1.14. The van der Waals surface area contributed by atoms with Gasteiger partial charge in [0.05, 0.1) is 25.9 Å². The molecule has 0 aliphatic carbocycles. The maximum Gasteiger partial charge on any atom is 0.233 e. The monoisotopic (exact) mass is 314 g/mol. The van der Waals surface area contributed by atoms with Gasteiger partial charge in [-0.05, 0) is 18.1 Å². The first-order valence-electron chi connectivity index (χ1n) is 7.10. The summed E-state index contributed by atoms with van der Waals surface area (Å²) in [5.41, 5.74) is 0.887. The zero-order valence-corrected chi connectivity index (χ0v) is 13.0. The van der Waals surface area contributed by atoms with Crippen LogP contribution in [0.25, 0.3) is 0 Å². The predicted molar refractivity (Wildman–Crippen MR) is 83.3 cm³/mol. The maximum absolute atomic E-state index is 11.3. The second-order valence-electron chi connectivity index (χ2n) is 4.74. The van der Waals surface area contributed by atoms with Crippen molar-refractivity contribution in [3.05, 3.63) is 34.9 Å². The third-order valence-corrected chi connectivity index (χ3v) is 3.13. The Morgan fingerprint density at radius 3 is 2.90 bits per heavy atom. The van der Waals surface area contributed by atoms with E-state index in [2.05, 4.69) is 10.6 Å². The minimum atomic E-state index is -0.661. The van der Waals surface area contributed by atoms with Gasteiger partial charge in [-0.1, -0.05) is 36.7 Å². The van der Waals surface area contributed by atoms with Crippen LogP contribution in [0.1, 0.15) is 18.9 Å². The lowest BCUT2D eigenvalue weighted by molar-refractivity contribution is -0.120. The summed E-state index contributed by atoms with van der Waals surface area (Å²) in [5.74, 6) is -0.0685. The number of hydrogen-bond donors (Lipinski definition) is 3. The van der Waals surface area contributed by atoms with Crippen LogP contribution < -0.4 is 10.6 Å². The third-order valence-electron chi connectivity index (χ3n) is 2.76. The van der Waals surface area contributed by atoms with Gasteiger partial charge in [-0.15, -0.1) is 0 Å². The predicted octanol–water partition coefficient (Wildman–Crippen LogP) is 1.33. The van der Waals surface area contributed by atoms with E-state index in [1.165, 1.54) is 0 Å². The second-order valence-corrected chi connectivity index (χ2v) is 5.15. The molecule has 1 aromatic carbocycles. The minimum absolute atomic E-state index is 0.0685. The number of nitrogens with one attached hydrogen (secondary N) is 2. The number of hydrogen-bond acceptors (Lipinski definition) is 4. The number of halogens is 1. The summed E-state index contributed by atoms with van der Waals surface area (Å²) in [7, 11) is 0. The van der Waals surface area contributed by atoms with E-state index in [4.69, 9.17) is 16.3 Å². The molecule has 1 unspecified atom stereocenters. The maximum atomic E-state index is 11.3. The van der Waals surface area contributed by atoms with E-state index in [0.29, 0.717) is 24.7 Å². The first-order chi connectivity index (χ1) is 10.1. The fraction of sp³-hybridized carbons (Fsp3) is 0.533. The zero-order valence-electron chi connectivity index (χ0n) is 12.3. The molecule has 0 bridgehead atoms. The molecule has 21 heavy (non-hydrogen) atoms. The molecule has 0 saturated carbocycles. The Morgan fingerprint density at radius 2 is 2.19 bits per heavy atom. The van der Waals surface area contributed by atoms with Crippen LogP contribution >= 0.6 is 11.6 Å². The number of amides is 1. The molecule has 0 heterocycles. The minimum Gasteiger partial charge on any atom is -0.389 e. The number of carbonyl (C=O) groups is 1. The quantitative estimate of drug-likeness (QED) is 0.609. The summed E-state index contributed by atoms with van der Waals surface area (Å²) in [4.78, 5) is 11.3. The van der Waals surface area contributed by atoms with Crippen LogP contribution in [0.15, 0.2) is 24.3 Å². The highest BCUT2D eigenvalue weighted by Gasteiger charge is 2.06. The summed E-state index contributed by atoms with van der Waals surface area (Å²) >= 11 is 6.00. The van der Waals surface area contributed by atoms with Gasteiger partial charge in [0.25, 0.3) is 0 Å². The van der Waals surface area contributed by atoms with Crippen molar-refractivity contribution >= 4 is 17.5 Å². The van der Waals surface area contributed by atoms with Crippen molar-refractivity contribution in [1.82, 2.24) is 10.6 Å². The van der Waals surface area contributed by atoms with Crippen molar-refractivity contribution in [2.75, 3.05) is 26.2 Å². The van der Waals surface area contributed by atoms with Gasteiger partial charge in [-0.3, -0.25) is 4.79 Å². The summed E-state index contributed by atoms with van der Waals surface area (Å²) in [6, 6.07) is 7.42. The molecule has 118 valence electrons. The smallest absolute Gasteiger partial charge is 0.233 e. The van der Waals surface area contributed by atoms with Gasteiger partial charge in [0.2, 0.25) is 5.91 Å². The number of ether oxygens (including phenoxy) is 1. The third kappa shape index (κ3) is 8.02. The Labute approximate surface area is 130 Å². The lowest BCUT2D eigenvalue weighted by Crippen LogP contribution is -2.38. The molecule has 6 heteroatoms. The van der Waals surface area contributed by atoms with Crippen molar-refractivity contribution in [3.63, 3.8) is 0 Å². The van der Waals surface area contributed by atoms with Crippen molar-refractivity contribution in [2.45, 2.75) is 26.1 Å². The van der Waals surface area contributed by atoms with E-state index in [-0.39, 0.29) is 19.1 Å². The first-order valence-corrected chi connectivity index (χ1v) is 7.48. The van der Waals surface area contributed by atoms with E-state index < -0.39 is 6.10 Å². The van der Waals surface area contributed by atoms with Gasteiger partial charge in [-0.2, -0.15) is 0 Å². The number of aliphatic hydroxyl groups excluding tert-OH is 1. The lowest BCUT2D eigenvalue weighted by Gasteiger charge is -2.13. The topological polar surface area (TPSA) is 70.6 Å². The van der Waals surface area contributed by atoms with Crippen LogP contribution in [0.4, 0.5) is 0 Å². The number of aliphatic hydroxyl groups is 1. The molecule has 0 radical (unpaired) electrons. The fourth-order valence-corrected chi connectivity index (χ4v) is 1.85. The Balaban J connectivity index is 2.10. The second kappa shape index (κ2) is 10.6. The standard InChI is InChI=1S/C15H23ClN2O3/c1-2-7-18-15(20)9-17-8-13(19)11-21-10-12-5-3-4-6-14(12)16/h3-6,13,17,19H,2,7-11H2,1H3,(H,18,20). The van der Waals surface area contributed by atoms with Gasteiger partial charge >= 0.3 is 0 Å². The van der Waals surface area contributed by atoms with E-state index in [1.807, 2.05) is 25.1 Å². The summed E-state index contributed by atoms with van der Waals surface area (Å²) < 4.78 is 5.41. The van der Waals surface area contributed by atoms with Crippen LogP contribution in [-0.4, -0.2) is 43.4 Å². The van der Waals surface area contributed by atoms with Gasteiger partial charge < -0.3 is 20.5 Å². The van der Waals surface area contributed by atoms with Gasteiger partial charge in [0, 0.05) is 18.1 Å². The van der Waals surface area contributed by atoms with Gasteiger partial charge in [0.1, 0.15) is 0 Å². The van der Waals surface area contributed by atoms with Crippen molar-refractivity contribution in [3.8, 4) is 0 Å². The van der Waals surface area contributed by atoms with Gasteiger partial charge in [-0.25, -0.2) is 0 Å². The Morgan fingerprint density at radius 1 is 1.43 bits per heavy atom. The number of carbonyl (C=O) groups excluding carboxylic acids is 1. The van der Waals surface area contributed by atoms with E-state index in [9.17, 15) is 9.90 Å². The molecule has 0 saturated heterocycles. The zero-order chi connectivity index (χ0) is 15.5. The van der Waals surface area contributed by atoms with E-state index in [0.717, 1.165) is 12.0 Å². The SMILES string of the molecule is CCCNC(=O)CNCC(O)COCc1ccccc1Cl. The van der Waals surface area contributed by atoms with Crippen LogP contribution in [-0.2, 0) is 16.1 Å². The average molecular weight is 315 g/mol. The van der Waals surface area contributed by atoms with Crippen molar-refractivity contribution in [1.29, 1.82) is 0 Å². The molecule has 1 amide bonds. The van der Waals surface area contributed by atoms with Crippen LogP contribution in [0.2, 0.25) is 5.02 Å². The van der Waals surface area contributed by atoms with Crippen LogP contribution in [0.5, 0.6) is 0 Å². The highest BCUT2D eigenvalue weighted by Crippen LogP contribution is 2.15. The van der Waals surface area contributed by atoms with Crippen molar-refractivity contribution < 1.29 is 14.6 Å². The summed E-state index contributed by atoms with van der Waals surface area (Å²) in [5, 5.41) is 16.0. The average Bonchev–Trinajstić information content (AvgIpc) is 2.47. The van der Waals surface area contributed by atoms with Crippen LogP contribution in [0.3, 0.4) is 0 Å². The summed E-state index contributed by atoms with van der Waals surface area (Å²) in [6.07, 6.45) is 0.246. The molecule has 0 fully saturated rings. The molecular formula is C15H23ClN2O3. The van der Waals surface area contributed by atoms with Gasteiger partial charge in [0.15, 0.2) is 0 Å². The molecule has 0 spiro atoms. The molecule has 0 aliphatic heterocycles. The largest absolute Gasteiger partial charge is 0.389 e. The highest BCUT2D eigenvalue weighted by atomic mass is 35.5. The normalized spacial score (nSPS) is 12.1. The Bertz CT molecular complexity index is 429. The molecule has 0 aliphatic rings.